The van der Waals surface area contributed by atoms with Crippen LogP contribution in [0.2, 0.25) is 0 Å². The third-order valence-electron chi connectivity index (χ3n) is 1.94. The van der Waals surface area contributed by atoms with Crippen LogP contribution >= 0.6 is 0 Å². The quantitative estimate of drug-likeness (QED) is 0.603. The summed E-state index contributed by atoms with van der Waals surface area (Å²) in [5, 5.41) is 11.1. The molecule has 1 unspecified atom stereocenters. The lowest BCUT2D eigenvalue weighted by atomic mass is 10.0. The van der Waals surface area contributed by atoms with Gasteiger partial charge in [-0.3, -0.25) is 4.79 Å². The molecule has 1 aliphatic rings. The number of rotatable bonds is 1. The Morgan fingerprint density at radius 1 is 1.62 bits per heavy atom. The van der Waals surface area contributed by atoms with Crippen LogP contribution in [-0.2, 0) is 14.6 Å². The van der Waals surface area contributed by atoms with E-state index in [0.29, 0.717) is 0 Å². The molecule has 1 atom stereocenters. The highest BCUT2D eigenvalue weighted by Gasteiger charge is 2.43. The summed E-state index contributed by atoms with van der Waals surface area (Å²) in [6, 6.07) is 1.85. The van der Waals surface area contributed by atoms with E-state index in [1.54, 1.807) is 0 Å². The largest absolute Gasteiger partial charge is 0.337 e. The second-order valence-corrected chi connectivity index (χ2v) is 5.40. The molecule has 0 saturated carbocycles. The van der Waals surface area contributed by atoms with E-state index in [1.807, 2.05) is 6.07 Å². The van der Waals surface area contributed by atoms with Gasteiger partial charge in [0.2, 0.25) is 5.91 Å². The minimum atomic E-state index is -3.15. The number of carbonyl (C=O) groups excluding carboxylic acids is 1. The molecular weight excluding hydrogens is 192 g/mol. The monoisotopic (exact) mass is 202 g/mol. The molecule has 0 aromatic rings. The van der Waals surface area contributed by atoms with Gasteiger partial charge in [-0.15, -0.1) is 0 Å². The zero-order chi connectivity index (χ0) is 10.1. The van der Waals surface area contributed by atoms with Crippen LogP contribution in [0.25, 0.3) is 0 Å². The second kappa shape index (κ2) is 3.00. The summed E-state index contributed by atoms with van der Waals surface area (Å²) in [5.41, 5.74) is -1.19. The van der Waals surface area contributed by atoms with Gasteiger partial charge in [-0.2, -0.15) is 5.26 Å². The first-order valence-corrected chi connectivity index (χ1v) is 5.62. The van der Waals surface area contributed by atoms with E-state index in [1.165, 1.54) is 6.92 Å². The van der Waals surface area contributed by atoms with Crippen molar-refractivity contribution in [2.24, 2.45) is 0 Å². The van der Waals surface area contributed by atoms with Crippen LogP contribution in [0.5, 0.6) is 0 Å². The number of carbonyl (C=O) groups is 1. The van der Waals surface area contributed by atoms with Crippen LogP contribution < -0.4 is 5.32 Å². The first-order valence-electron chi connectivity index (χ1n) is 3.80. The van der Waals surface area contributed by atoms with Crippen molar-refractivity contribution >= 4 is 15.7 Å². The molecule has 0 bridgehead atoms. The zero-order valence-electron chi connectivity index (χ0n) is 7.20. The molecule has 0 aromatic heterocycles. The van der Waals surface area contributed by atoms with Crippen LogP contribution in [0.15, 0.2) is 0 Å². The molecule has 1 heterocycles. The standard InChI is InChI=1S/C7H10N2O3S/c1-6(10)9-7(4-8)2-3-13(11,12)5-7/h2-3,5H2,1H3,(H,9,10). The fraction of sp³-hybridized carbons (Fsp3) is 0.714. The Hall–Kier alpha value is -1.09. The summed E-state index contributed by atoms with van der Waals surface area (Å²) in [7, 11) is -3.15. The third-order valence-corrected chi connectivity index (χ3v) is 3.69. The maximum atomic E-state index is 11.1. The van der Waals surface area contributed by atoms with E-state index >= 15 is 0 Å². The first-order chi connectivity index (χ1) is 5.89. The van der Waals surface area contributed by atoms with E-state index in [4.69, 9.17) is 5.26 Å². The Morgan fingerprint density at radius 3 is 2.54 bits per heavy atom. The van der Waals surface area contributed by atoms with Crippen LogP contribution in [-0.4, -0.2) is 31.4 Å². The van der Waals surface area contributed by atoms with Crippen LogP contribution in [0.4, 0.5) is 0 Å². The van der Waals surface area contributed by atoms with Crippen molar-refractivity contribution in [2.75, 3.05) is 11.5 Å². The van der Waals surface area contributed by atoms with Crippen molar-refractivity contribution in [1.82, 2.24) is 5.32 Å². The van der Waals surface area contributed by atoms with Gasteiger partial charge in [0.15, 0.2) is 9.84 Å². The molecule has 13 heavy (non-hydrogen) atoms. The number of nitrogens with zero attached hydrogens (tertiary/aromatic N) is 1. The van der Waals surface area contributed by atoms with Crippen molar-refractivity contribution in [3.05, 3.63) is 0 Å². The lowest BCUT2D eigenvalue weighted by molar-refractivity contribution is -0.120. The van der Waals surface area contributed by atoms with E-state index in [-0.39, 0.29) is 23.8 Å². The smallest absolute Gasteiger partial charge is 0.218 e. The minimum Gasteiger partial charge on any atom is -0.337 e. The van der Waals surface area contributed by atoms with Gasteiger partial charge in [-0.25, -0.2) is 8.42 Å². The van der Waals surface area contributed by atoms with Gasteiger partial charge in [0.1, 0.15) is 5.54 Å². The van der Waals surface area contributed by atoms with Crippen LogP contribution in [0, 0.1) is 11.3 Å². The molecule has 1 N–H and O–H groups in total. The Labute approximate surface area is 76.7 Å². The number of hydrogen-bond acceptors (Lipinski definition) is 4. The summed E-state index contributed by atoms with van der Waals surface area (Å²) in [6.07, 6.45) is 0.186. The topological polar surface area (TPSA) is 87.0 Å². The van der Waals surface area contributed by atoms with E-state index < -0.39 is 15.4 Å². The summed E-state index contributed by atoms with van der Waals surface area (Å²) in [5.74, 6) is -0.671. The average Bonchev–Trinajstić information content (AvgIpc) is 2.26. The highest BCUT2D eigenvalue weighted by molar-refractivity contribution is 7.91. The molecule has 0 spiro atoms. The van der Waals surface area contributed by atoms with Gasteiger partial charge in [0, 0.05) is 6.92 Å². The molecule has 0 aromatic carbocycles. The molecule has 1 fully saturated rings. The van der Waals surface area contributed by atoms with Crippen LogP contribution in [0.1, 0.15) is 13.3 Å². The van der Waals surface area contributed by atoms with Gasteiger partial charge >= 0.3 is 0 Å². The maximum Gasteiger partial charge on any atom is 0.218 e. The van der Waals surface area contributed by atoms with Crippen molar-refractivity contribution < 1.29 is 13.2 Å². The average molecular weight is 202 g/mol. The maximum absolute atomic E-state index is 11.1. The zero-order valence-corrected chi connectivity index (χ0v) is 8.02. The summed E-state index contributed by atoms with van der Waals surface area (Å²) < 4.78 is 22.2. The van der Waals surface area contributed by atoms with Crippen molar-refractivity contribution in [3.63, 3.8) is 0 Å². The Balaban J connectivity index is 2.88. The van der Waals surface area contributed by atoms with Gasteiger partial charge in [-0.05, 0) is 6.42 Å². The SMILES string of the molecule is CC(=O)NC1(C#N)CCS(=O)(=O)C1. The predicted octanol–water partition coefficient (Wildman–Crippen LogP) is -0.797. The Bertz CT molecular complexity index is 368. The number of nitrogens with one attached hydrogen (secondary N) is 1. The van der Waals surface area contributed by atoms with E-state index in [0.717, 1.165) is 0 Å². The molecule has 1 saturated heterocycles. The number of nitriles is 1. The lowest BCUT2D eigenvalue weighted by Gasteiger charge is -2.18. The predicted molar refractivity (Wildman–Crippen MR) is 45.4 cm³/mol. The van der Waals surface area contributed by atoms with Crippen molar-refractivity contribution in [1.29, 1.82) is 5.26 Å². The third kappa shape index (κ3) is 2.18. The van der Waals surface area contributed by atoms with E-state index in [2.05, 4.69) is 5.32 Å². The van der Waals surface area contributed by atoms with E-state index in [9.17, 15) is 13.2 Å². The van der Waals surface area contributed by atoms with Crippen molar-refractivity contribution in [3.8, 4) is 6.07 Å². The first kappa shape index (κ1) is 9.99. The highest BCUT2D eigenvalue weighted by Crippen LogP contribution is 2.22. The molecule has 1 amide bonds. The Kier molecular flexibility index (Phi) is 2.30. The molecule has 5 nitrogen and oxygen atoms in total. The number of hydrogen-bond donors (Lipinski definition) is 1. The fourth-order valence-corrected chi connectivity index (χ4v) is 3.24. The fourth-order valence-electron chi connectivity index (χ4n) is 1.40. The molecule has 0 aliphatic carbocycles. The molecule has 1 aliphatic heterocycles. The molecule has 1 rings (SSSR count). The second-order valence-electron chi connectivity index (χ2n) is 3.22. The van der Waals surface area contributed by atoms with Gasteiger partial charge in [-0.1, -0.05) is 0 Å². The summed E-state index contributed by atoms with van der Waals surface area (Å²) in [4.78, 5) is 10.7. The Morgan fingerprint density at radius 2 is 2.23 bits per heavy atom. The highest BCUT2D eigenvalue weighted by atomic mass is 32.2. The molecular formula is C7H10N2O3S. The normalized spacial score (nSPS) is 30.8. The van der Waals surface area contributed by atoms with Gasteiger partial charge in [0.05, 0.1) is 17.6 Å². The van der Waals surface area contributed by atoms with Gasteiger partial charge in [0.25, 0.3) is 0 Å². The van der Waals surface area contributed by atoms with Gasteiger partial charge < -0.3 is 5.32 Å². The molecule has 72 valence electrons. The summed E-state index contributed by atoms with van der Waals surface area (Å²) in [6.45, 7) is 1.27. The molecule has 0 radical (unpaired) electrons. The number of amides is 1. The lowest BCUT2D eigenvalue weighted by Crippen LogP contribution is -2.47. The summed E-state index contributed by atoms with van der Waals surface area (Å²) >= 11 is 0. The number of sulfone groups is 1. The van der Waals surface area contributed by atoms with Crippen LogP contribution in [0.3, 0.4) is 0 Å². The molecule has 6 heteroatoms. The minimum absolute atomic E-state index is 0.0269. The van der Waals surface area contributed by atoms with Crippen molar-refractivity contribution in [2.45, 2.75) is 18.9 Å².